The van der Waals surface area contributed by atoms with Crippen LogP contribution in [-0.4, -0.2) is 22.2 Å². The maximum atomic E-state index is 13.1. The summed E-state index contributed by atoms with van der Waals surface area (Å²) in [5.41, 5.74) is -0.465. The summed E-state index contributed by atoms with van der Waals surface area (Å²) in [5.74, 6) is -0.690. The third kappa shape index (κ3) is 4.59. The van der Waals surface area contributed by atoms with E-state index < -0.39 is 16.3 Å². The predicted molar refractivity (Wildman–Crippen MR) is 102 cm³/mol. The van der Waals surface area contributed by atoms with Gasteiger partial charge in [-0.05, 0) is 31.0 Å². The van der Waals surface area contributed by atoms with Gasteiger partial charge < -0.3 is 10.1 Å². The van der Waals surface area contributed by atoms with Crippen LogP contribution in [0.25, 0.3) is 0 Å². The first kappa shape index (κ1) is 20.1. The average Bonchev–Trinajstić information content (AvgIpc) is 3.13. The van der Waals surface area contributed by atoms with Gasteiger partial charge in [0.25, 0.3) is 5.69 Å². The molecule has 0 spiro atoms. The van der Waals surface area contributed by atoms with E-state index in [0.29, 0.717) is 12.8 Å². The Hall–Kier alpha value is -2.68. The molecule has 0 aromatic heterocycles. The quantitative estimate of drug-likeness (QED) is 0.500. The van der Waals surface area contributed by atoms with Gasteiger partial charge in [-0.2, -0.15) is 8.78 Å². The Morgan fingerprint density at radius 2 is 1.86 bits per heavy atom. The van der Waals surface area contributed by atoms with Crippen LogP contribution in [0.1, 0.15) is 25.7 Å². The summed E-state index contributed by atoms with van der Waals surface area (Å²) in [6.07, 6.45) is 2.97. The fourth-order valence-electron chi connectivity index (χ4n) is 3.20. The van der Waals surface area contributed by atoms with Gasteiger partial charge >= 0.3 is 6.61 Å². The number of nitrogens with one attached hydrogen (secondary N) is 1. The molecular weight excluding hydrogens is 390 g/mol. The van der Waals surface area contributed by atoms with Crippen molar-refractivity contribution in [1.82, 2.24) is 0 Å². The Labute approximate surface area is 164 Å². The van der Waals surface area contributed by atoms with Crippen LogP contribution < -0.4 is 10.1 Å². The number of alkyl halides is 2. The van der Waals surface area contributed by atoms with Crippen LogP contribution in [0.4, 0.5) is 20.2 Å². The second-order valence-electron chi connectivity index (χ2n) is 6.39. The molecule has 9 heteroatoms. The van der Waals surface area contributed by atoms with Crippen molar-refractivity contribution in [3.63, 3.8) is 0 Å². The summed E-state index contributed by atoms with van der Waals surface area (Å²) < 4.78 is 29.0. The molecule has 0 bridgehead atoms. The number of thioether (sulfide) groups is 1. The molecule has 1 N–H and O–H groups in total. The largest absolute Gasteiger partial charge is 0.433 e. The topological polar surface area (TPSA) is 81.5 Å². The lowest BCUT2D eigenvalue weighted by molar-refractivity contribution is -0.384. The second kappa shape index (κ2) is 8.55. The van der Waals surface area contributed by atoms with Gasteiger partial charge in [0.05, 0.1) is 15.4 Å². The molecule has 148 valence electrons. The van der Waals surface area contributed by atoms with E-state index >= 15 is 0 Å². The number of hydrogen-bond acceptors (Lipinski definition) is 5. The monoisotopic (exact) mass is 408 g/mol. The third-order valence-electron chi connectivity index (χ3n) is 4.52. The minimum Gasteiger partial charge on any atom is -0.433 e. The molecule has 0 unspecified atom stereocenters. The molecule has 6 nitrogen and oxygen atoms in total. The molecule has 2 aromatic carbocycles. The zero-order valence-corrected chi connectivity index (χ0v) is 15.6. The standard InChI is InChI=1S/C19H18F2N2O4S/c20-18(21)27-16-9-8-13(23(25)26)12-15(16)22-17(24)19(10-4-5-11-19)28-14-6-2-1-3-7-14/h1-3,6-9,12,18H,4-5,10-11H2,(H,22,24). The van der Waals surface area contributed by atoms with Gasteiger partial charge in [-0.15, -0.1) is 11.8 Å². The number of non-ortho nitro benzene ring substituents is 1. The lowest BCUT2D eigenvalue weighted by Crippen LogP contribution is -2.37. The van der Waals surface area contributed by atoms with Crippen molar-refractivity contribution in [2.24, 2.45) is 0 Å². The van der Waals surface area contributed by atoms with Crippen LogP contribution in [0.2, 0.25) is 0 Å². The van der Waals surface area contributed by atoms with Crippen molar-refractivity contribution in [3.8, 4) is 5.75 Å². The molecule has 28 heavy (non-hydrogen) atoms. The molecule has 1 aliphatic rings. The van der Waals surface area contributed by atoms with E-state index in [1.54, 1.807) is 0 Å². The van der Waals surface area contributed by atoms with E-state index in [1.165, 1.54) is 11.8 Å². The number of amides is 1. The molecule has 0 aliphatic heterocycles. The summed E-state index contributed by atoms with van der Waals surface area (Å²) in [4.78, 5) is 24.4. The summed E-state index contributed by atoms with van der Waals surface area (Å²) >= 11 is 1.42. The Balaban J connectivity index is 1.89. The molecule has 0 radical (unpaired) electrons. The number of nitro groups is 1. The highest BCUT2D eigenvalue weighted by Crippen LogP contribution is 2.46. The van der Waals surface area contributed by atoms with Crippen LogP contribution in [0.3, 0.4) is 0 Å². The normalized spacial score (nSPS) is 15.4. The van der Waals surface area contributed by atoms with Gasteiger partial charge in [0.15, 0.2) is 0 Å². The number of nitrogens with zero attached hydrogens (tertiary/aromatic N) is 1. The Morgan fingerprint density at radius 1 is 1.18 bits per heavy atom. The van der Waals surface area contributed by atoms with Gasteiger partial charge in [0, 0.05) is 17.0 Å². The van der Waals surface area contributed by atoms with Crippen molar-refractivity contribution < 1.29 is 23.2 Å². The second-order valence-corrected chi connectivity index (χ2v) is 7.84. The number of carbonyl (C=O) groups is 1. The fraction of sp³-hybridized carbons (Fsp3) is 0.316. The van der Waals surface area contributed by atoms with E-state index in [9.17, 15) is 23.7 Å². The molecule has 3 rings (SSSR count). The summed E-state index contributed by atoms with van der Waals surface area (Å²) in [5, 5.41) is 13.6. The van der Waals surface area contributed by atoms with Crippen LogP contribution in [0.15, 0.2) is 53.4 Å². The minimum absolute atomic E-state index is 0.139. The van der Waals surface area contributed by atoms with Gasteiger partial charge in [0.2, 0.25) is 5.91 Å². The van der Waals surface area contributed by atoms with E-state index in [1.807, 2.05) is 30.3 Å². The van der Waals surface area contributed by atoms with Gasteiger partial charge in [-0.25, -0.2) is 0 Å². The fourth-order valence-corrected chi connectivity index (χ4v) is 4.58. The maximum absolute atomic E-state index is 13.1. The van der Waals surface area contributed by atoms with E-state index in [4.69, 9.17) is 0 Å². The van der Waals surface area contributed by atoms with Crippen molar-refractivity contribution >= 4 is 29.0 Å². The Kier molecular flexibility index (Phi) is 6.13. The first-order chi connectivity index (χ1) is 13.4. The van der Waals surface area contributed by atoms with E-state index in [2.05, 4.69) is 10.1 Å². The zero-order chi connectivity index (χ0) is 20.1. The highest BCUT2D eigenvalue weighted by Gasteiger charge is 2.42. The molecule has 1 aliphatic carbocycles. The average molecular weight is 408 g/mol. The van der Waals surface area contributed by atoms with Gasteiger partial charge in [-0.3, -0.25) is 14.9 Å². The summed E-state index contributed by atoms with van der Waals surface area (Å²) in [6, 6.07) is 12.6. The van der Waals surface area contributed by atoms with E-state index in [0.717, 1.165) is 35.9 Å². The zero-order valence-electron chi connectivity index (χ0n) is 14.8. The van der Waals surface area contributed by atoms with Crippen LogP contribution in [0, 0.1) is 10.1 Å². The number of hydrogen-bond donors (Lipinski definition) is 1. The SMILES string of the molecule is O=C(Nc1cc([N+](=O)[O-])ccc1OC(F)F)C1(Sc2ccccc2)CCCC1. The molecule has 0 atom stereocenters. The number of halogens is 2. The van der Waals surface area contributed by atoms with Crippen molar-refractivity contribution in [3.05, 3.63) is 58.6 Å². The molecule has 0 heterocycles. The Morgan fingerprint density at radius 3 is 2.46 bits per heavy atom. The molecule has 1 fully saturated rings. The van der Waals surface area contributed by atoms with Crippen molar-refractivity contribution in [1.29, 1.82) is 0 Å². The number of anilines is 1. The van der Waals surface area contributed by atoms with Crippen LogP contribution in [0.5, 0.6) is 5.75 Å². The smallest absolute Gasteiger partial charge is 0.387 e. The maximum Gasteiger partial charge on any atom is 0.387 e. The van der Waals surface area contributed by atoms with Gasteiger partial charge in [0.1, 0.15) is 5.75 Å². The predicted octanol–water partition coefficient (Wildman–Crippen LogP) is 5.24. The lowest BCUT2D eigenvalue weighted by atomic mass is 10.1. The number of nitro benzene ring substituents is 1. The van der Waals surface area contributed by atoms with Gasteiger partial charge in [-0.1, -0.05) is 31.0 Å². The lowest BCUT2D eigenvalue weighted by Gasteiger charge is -2.27. The third-order valence-corrected chi connectivity index (χ3v) is 6.01. The summed E-state index contributed by atoms with van der Waals surface area (Å²) in [6.45, 7) is -3.11. The Bertz CT molecular complexity index is 858. The highest BCUT2D eigenvalue weighted by molar-refractivity contribution is 8.01. The van der Waals surface area contributed by atoms with Crippen LogP contribution in [-0.2, 0) is 4.79 Å². The first-order valence-corrected chi connectivity index (χ1v) is 9.50. The molecule has 1 amide bonds. The van der Waals surface area contributed by atoms with E-state index in [-0.39, 0.29) is 23.0 Å². The highest BCUT2D eigenvalue weighted by atomic mass is 32.2. The number of carbonyl (C=O) groups excluding carboxylic acids is 1. The molecule has 2 aromatic rings. The van der Waals surface area contributed by atoms with Crippen molar-refractivity contribution in [2.45, 2.75) is 41.9 Å². The number of ether oxygens (including phenoxy) is 1. The molecular formula is C19H18F2N2O4S. The molecule has 0 saturated heterocycles. The number of rotatable bonds is 7. The van der Waals surface area contributed by atoms with Crippen molar-refractivity contribution in [2.75, 3.05) is 5.32 Å². The number of benzene rings is 2. The summed E-state index contributed by atoms with van der Waals surface area (Å²) in [7, 11) is 0. The minimum atomic E-state index is -3.11. The van der Waals surface area contributed by atoms with Crippen LogP contribution >= 0.6 is 11.8 Å². The first-order valence-electron chi connectivity index (χ1n) is 8.68. The molecule has 1 saturated carbocycles.